The molecule has 1 amide bonds. The maximum absolute atomic E-state index is 12.3. The van der Waals surface area contributed by atoms with Gasteiger partial charge in [0.2, 0.25) is 5.91 Å². The van der Waals surface area contributed by atoms with E-state index >= 15 is 0 Å². The number of aryl methyl sites for hydroxylation is 1. The molecule has 7 nitrogen and oxygen atoms in total. The van der Waals surface area contributed by atoms with E-state index < -0.39 is 11.5 Å². The molecule has 0 atom stereocenters. The van der Waals surface area contributed by atoms with Crippen molar-refractivity contribution in [3.8, 4) is 10.8 Å². The predicted molar refractivity (Wildman–Crippen MR) is 86.8 cm³/mol. The zero-order valence-electron chi connectivity index (χ0n) is 13.2. The van der Waals surface area contributed by atoms with Crippen molar-refractivity contribution in [1.29, 1.82) is 0 Å². The van der Waals surface area contributed by atoms with E-state index in [0.29, 0.717) is 29.7 Å². The van der Waals surface area contributed by atoms with E-state index in [0.717, 1.165) is 5.76 Å². The van der Waals surface area contributed by atoms with E-state index in [9.17, 15) is 14.7 Å². The van der Waals surface area contributed by atoms with Gasteiger partial charge in [-0.05, 0) is 19.1 Å². The van der Waals surface area contributed by atoms with E-state index in [1.54, 1.807) is 5.38 Å². The van der Waals surface area contributed by atoms with E-state index in [4.69, 9.17) is 9.15 Å². The van der Waals surface area contributed by atoms with E-state index in [1.165, 1.54) is 11.3 Å². The molecular formula is C16H18N2O5S. The zero-order chi connectivity index (χ0) is 17.2. The number of ether oxygens (including phenoxy) is 1. The summed E-state index contributed by atoms with van der Waals surface area (Å²) in [5.74, 6) is 0.0777. The fourth-order valence-electron chi connectivity index (χ4n) is 2.64. The van der Waals surface area contributed by atoms with Crippen molar-refractivity contribution < 1.29 is 23.8 Å². The highest BCUT2D eigenvalue weighted by atomic mass is 32.1. The van der Waals surface area contributed by atoms with Crippen LogP contribution in [0.4, 0.5) is 0 Å². The third-order valence-electron chi connectivity index (χ3n) is 3.98. The van der Waals surface area contributed by atoms with Crippen LogP contribution in [0, 0.1) is 6.92 Å². The van der Waals surface area contributed by atoms with Crippen LogP contribution in [0.5, 0.6) is 0 Å². The number of amides is 1. The second-order valence-corrected chi connectivity index (χ2v) is 6.64. The number of carbonyl (C=O) groups excluding carboxylic acids is 1. The molecule has 2 aromatic heterocycles. The number of aliphatic carboxylic acids is 1. The molecule has 2 aromatic rings. The molecule has 0 radical (unpaired) electrons. The predicted octanol–water partition coefficient (Wildman–Crippen LogP) is 2.00. The summed E-state index contributed by atoms with van der Waals surface area (Å²) in [5, 5.41) is 14.6. The summed E-state index contributed by atoms with van der Waals surface area (Å²) in [6.45, 7) is 2.50. The molecule has 0 unspecified atom stereocenters. The van der Waals surface area contributed by atoms with Crippen molar-refractivity contribution in [2.24, 2.45) is 0 Å². The standard InChI is InChI=1S/C16H18N2O5S/c1-10-2-3-12(23-10)14-17-11(9-24-14)8-13(19)18-16(15(20)21)4-6-22-7-5-16/h2-3,9H,4-8H2,1H3,(H,18,19)(H,20,21). The van der Waals surface area contributed by atoms with Gasteiger partial charge in [0.15, 0.2) is 10.8 Å². The first-order valence-corrected chi connectivity index (χ1v) is 8.50. The summed E-state index contributed by atoms with van der Waals surface area (Å²) >= 11 is 1.39. The Labute approximate surface area is 142 Å². The van der Waals surface area contributed by atoms with Gasteiger partial charge >= 0.3 is 5.97 Å². The van der Waals surface area contributed by atoms with Gasteiger partial charge < -0.3 is 19.6 Å². The van der Waals surface area contributed by atoms with Crippen LogP contribution in [-0.2, 0) is 20.7 Å². The number of thiazole rings is 1. The lowest BCUT2D eigenvalue weighted by Crippen LogP contribution is -2.57. The third kappa shape index (κ3) is 3.49. The number of hydrogen-bond acceptors (Lipinski definition) is 6. The molecule has 0 bridgehead atoms. The smallest absolute Gasteiger partial charge is 0.329 e. The number of aromatic nitrogens is 1. The minimum absolute atomic E-state index is 0.0338. The molecule has 1 aliphatic heterocycles. The largest absolute Gasteiger partial charge is 0.480 e. The average Bonchev–Trinajstić information content (AvgIpc) is 3.17. The molecule has 128 valence electrons. The molecule has 3 rings (SSSR count). The fraction of sp³-hybridized carbons (Fsp3) is 0.438. The number of carboxylic acids is 1. The van der Waals surface area contributed by atoms with E-state index in [-0.39, 0.29) is 25.2 Å². The van der Waals surface area contributed by atoms with Crippen molar-refractivity contribution in [3.63, 3.8) is 0 Å². The first kappa shape index (κ1) is 16.7. The highest BCUT2D eigenvalue weighted by molar-refractivity contribution is 7.13. The van der Waals surface area contributed by atoms with E-state index in [2.05, 4.69) is 10.3 Å². The lowest BCUT2D eigenvalue weighted by molar-refractivity contribution is -0.152. The van der Waals surface area contributed by atoms with Crippen LogP contribution in [-0.4, -0.2) is 40.7 Å². The van der Waals surface area contributed by atoms with Crippen LogP contribution in [0.1, 0.15) is 24.3 Å². The summed E-state index contributed by atoms with van der Waals surface area (Å²) in [5.41, 5.74) is -0.652. The summed E-state index contributed by atoms with van der Waals surface area (Å²) in [6.07, 6.45) is 0.566. The van der Waals surface area contributed by atoms with Gasteiger partial charge in [-0.2, -0.15) is 0 Å². The van der Waals surface area contributed by atoms with Crippen molar-refractivity contribution in [3.05, 3.63) is 29.0 Å². The molecule has 8 heteroatoms. The first-order valence-electron chi connectivity index (χ1n) is 7.62. The Bertz CT molecular complexity index is 745. The maximum Gasteiger partial charge on any atom is 0.329 e. The number of furan rings is 1. The maximum atomic E-state index is 12.3. The molecule has 1 saturated heterocycles. The van der Waals surface area contributed by atoms with Crippen molar-refractivity contribution in [2.45, 2.75) is 31.7 Å². The van der Waals surface area contributed by atoms with Gasteiger partial charge in [0.05, 0.1) is 12.1 Å². The van der Waals surface area contributed by atoms with Gasteiger partial charge in [0, 0.05) is 31.4 Å². The Kier molecular flexibility index (Phi) is 4.68. The number of nitrogens with zero attached hydrogens (tertiary/aromatic N) is 1. The van der Waals surface area contributed by atoms with Crippen molar-refractivity contribution >= 4 is 23.2 Å². The minimum Gasteiger partial charge on any atom is -0.480 e. The monoisotopic (exact) mass is 350 g/mol. The Morgan fingerprint density at radius 1 is 1.38 bits per heavy atom. The second-order valence-electron chi connectivity index (χ2n) is 5.78. The molecule has 3 heterocycles. The van der Waals surface area contributed by atoms with Crippen LogP contribution >= 0.6 is 11.3 Å². The Balaban J connectivity index is 1.66. The van der Waals surface area contributed by atoms with E-state index in [1.807, 2.05) is 19.1 Å². The van der Waals surface area contributed by atoms with Crippen molar-refractivity contribution in [1.82, 2.24) is 10.3 Å². The fourth-order valence-corrected chi connectivity index (χ4v) is 3.42. The summed E-state index contributed by atoms with van der Waals surface area (Å²) in [7, 11) is 0. The third-order valence-corrected chi connectivity index (χ3v) is 4.88. The van der Waals surface area contributed by atoms with Gasteiger partial charge in [-0.25, -0.2) is 9.78 Å². The first-order chi connectivity index (χ1) is 11.5. The number of rotatable bonds is 5. The Morgan fingerprint density at radius 3 is 2.75 bits per heavy atom. The molecule has 0 aliphatic carbocycles. The Morgan fingerprint density at radius 2 is 2.12 bits per heavy atom. The SMILES string of the molecule is Cc1ccc(-c2nc(CC(=O)NC3(C(=O)O)CCOCC3)cs2)o1. The summed E-state index contributed by atoms with van der Waals surface area (Å²) in [4.78, 5) is 28.2. The lowest BCUT2D eigenvalue weighted by Gasteiger charge is -2.33. The van der Waals surface area contributed by atoms with Crippen molar-refractivity contribution in [2.75, 3.05) is 13.2 Å². The highest BCUT2D eigenvalue weighted by Crippen LogP contribution is 2.26. The molecule has 2 N–H and O–H groups in total. The molecular weight excluding hydrogens is 332 g/mol. The van der Waals surface area contributed by atoms with Crippen LogP contribution in [0.2, 0.25) is 0 Å². The van der Waals surface area contributed by atoms with Crippen LogP contribution in [0.3, 0.4) is 0 Å². The Hall–Kier alpha value is -2.19. The molecule has 24 heavy (non-hydrogen) atoms. The molecule has 1 fully saturated rings. The van der Waals surface area contributed by atoms with Gasteiger partial charge in [-0.1, -0.05) is 0 Å². The minimum atomic E-state index is -1.24. The van der Waals surface area contributed by atoms with Gasteiger partial charge in [-0.15, -0.1) is 11.3 Å². The average molecular weight is 350 g/mol. The second kappa shape index (κ2) is 6.74. The number of hydrogen-bond donors (Lipinski definition) is 2. The number of carbonyl (C=O) groups is 2. The molecule has 0 spiro atoms. The molecule has 0 saturated carbocycles. The number of nitrogens with one attached hydrogen (secondary N) is 1. The zero-order valence-corrected chi connectivity index (χ0v) is 14.0. The summed E-state index contributed by atoms with van der Waals surface area (Å²) in [6, 6.07) is 3.68. The summed E-state index contributed by atoms with van der Waals surface area (Å²) < 4.78 is 10.7. The number of carboxylic acid groups (broad SMARTS) is 1. The van der Waals surface area contributed by atoms with Crippen LogP contribution in [0.25, 0.3) is 10.8 Å². The topological polar surface area (TPSA) is 102 Å². The van der Waals surface area contributed by atoms with Crippen LogP contribution in [0.15, 0.2) is 21.9 Å². The highest BCUT2D eigenvalue weighted by Gasteiger charge is 2.41. The molecule has 0 aromatic carbocycles. The van der Waals surface area contributed by atoms with Crippen LogP contribution < -0.4 is 5.32 Å². The van der Waals surface area contributed by atoms with Gasteiger partial charge in [0.1, 0.15) is 11.3 Å². The normalized spacial score (nSPS) is 16.7. The quantitative estimate of drug-likeness (QED) is 0.855. The lowest BCUT2D eigenvalue weighted by atomic mass is 9.90. The van der Waals surface area contributed by atoms with Gasteiger partial charge in [0.25, 0.3) is 0 Å². The van der Waals surface area contributed by atoms with Gasteiger partial charge in [-0.3, -0.25) is 4.79 Å². The molecule has 1 aliphatic rings.